The molecule has 98 valence electrons. The summed E-state index contributed by atoms with van der Waals surface area (Å²) in [4.78, 5) is 0. The molecule has 0 spiro atoms. The lowest BCUT2D eigenvalue weighted by Gasteiger charge is -2.33. The molecule has 3 rings (SSSR count). The summed E-state index contributed by atoms with van der Waals surface area (Å²) < 4.78 is 14.0. The molecular formula is C17H18FN. The lowest BCUT2D eigenvalue weighted by molar-refractivity contribution is 0.410. The van der Waals surface area contributed by atoms with Gasteiger partial charge in [-0.05, 0) is 48.1 Å². The van der Waals surface area contributed by atoms with Gasteiger partial charge in [0.15, 0.2) is 0 Å². The third-order valence-corrected chi connectivity index (χ3v) is 4.19. The Morgan fingerprint density at radius 2 is 1.84 bits per heavy atom. The van der Waals surface area contributed by atoms with E-state index in [2.05, 4.69) is 18.2 Å². The Kier molecular flexibility index (Phi) is 3.34. The summed E-state index contributed by atoms with van der Waals surface area (Å²) in [6.45, 7) is 0.648. The molecule has 0 fully saturated rings. The van der Waals surface area contributed by atoms with Crippen molar-refractivity contribution in [2.45, 2.75) is 18.8 Å². The van der Waals surface area contributed by atoms with Gasteiger partial charge in [-0.25, -0.2) is 4.39 Å². The number of hydrogen-bond acceptors (Lipinski definition) is 1. The van der Waals surface area contributed by atoms with Crippen LogP contribution in [0, 0.1) is 11.7 Å². The monoisotopic (exact) mass is 255 g/mol. The van der Waals surface area contributed by atoms with Crippen LogP contribution in [0.3, 0.4) is 0 Å². The van der Waals surface area contributed by atoms with E-state index in [-0.39, 0.29) is 11.7 Å². The first-order valence-corrected chi connectivity index (χ1v) is 6.83. The van der Waals surface area contributed by atoms with Crippen LogP contribution >= 0.6 is 0 Å². The van der Waals surface area contributed by atoms with E-state index in [0.29, 0.717) is 12.5 Å². The van der Waals surface area contributed by atoms with Gasteiger partial charge in [0, 0.05) is 5.92 Å². The molecule has 2 heteroatoms. The highest BCUT2D eigenvalue weighted by atomic mass is 19.1. The van der Waals surface area contributed by atoms with Gasteiger partial charge in [0.05, 0.1) is 0 Å². The van der Waals surface area contributed by atoms with Crippen LogP contribution in [-0.4, -0.2) is 6.54 Å². The van der Waals surface area contributed by atoms with Crippen molar-refractivity contribution in [2.75, 3.05) is 6.54 Å². The normalized spacial score (nSPS) is 22.0. The Hall–Kier alpha value is -1.67. The van der Waals surface area contributed by atoms with E-state index in [9.17, 15) is 4.39 Å². The second kappa shape index (κ2) is 5.14. The fourth-order valence-electron chi connectivity index (χ4n) is 3.25. The highest BCUT2D eigenvalue weighted by Crippen LogP contribution is 2.41. The molecule has 0 saturated carbocycles. The van der Waals surface area contributed by atoms with E-state index < -0.39 is 0 Å². The van der Waals surface area contributed by atoms with Crippen LogP contribution in [0.25, 0.3) is 0 Å². The molecule has 2 N–H and O–H groups in total. The van der Waals surface area contributed by atoms with E-state index in [1.807, 2.05) is 24.3 Å². The number of fused-ring (bicyclic) bond motifs is 1. The van der Waals surface area contributed by atoms with Crippen molar-refractivity contribution in [3.05, 3.63) is 71.0 Å². The van der Waals surface area contributed by atoms with Gasteiger partial charge in [-0.1, -0.05) is 42.5 Å². The summed E-state index contributed by atoms with van der Waals surface area (Å²) in [7, 11) is 0. The summed E-state index contributed by atoms with van der Waals surface area (Å²) in [6, 6.07) is 15.7. The van der Waals surface area contributed by atoms with Gasteiger partial charge in [-0.3, -0.25) is 0 Å². The van der Waals surface area contributed by atoms with Crippen LogP contribution < -0.4 is 5.73 Å². The van der Waals surface area contributed by atoms with Crippen LogP contribution in [0.15, 0.2) is 48.5 Å². The van der Waals surface area contributed by atoms with Crippen LogP contribution in [-0.2, 0) is 6.42 Å². The molecule has 0 aromatic heterocycles. The van der Waals surface area contributed by atoms with Gasteiger partial charge >= 0.3 is 0 Å². The van der Waals surface area contributed by atoms with Crippen molar-refractivity contribution < 1.29 is 4.39 Å². The lowest BCUT2D eigenvalue weighted by atomic mass is 9.72. The molecular weight excluding hydrogens is 237 g/mol. The summed E-state index contributed by atoms with van der Waals surface area (Å²) in [5, 5.41) is 0. The first-order chi connectivity index (χ1) is 9.31. The molecule has 0 radical (unpaired) electrons. The maximum absolute atomic E-state index is 14.0. The maximum atomic E-state index is 14.0. The molecule has 2 aromatic carbocycles. The highest BCUT2D eigenvalue weighted by Gasteiger charge is 2.31. The number of hydrogen-bond donors (Lipinski definition) is 1. The molecule has 2 unspecified atom stereocenters. The van der Waals surface area contributed by atoms with Gasteiger partial charge in [0.25, 0.3) is 0 Å². The molecule has 1 aliphatic rings. The molecule has 0 aliphatic heterocycles. The van der Waals surface area contributed by atoms with Crippen molar-refractivity contribution >= 4 is 0 Å². The zero-order chi connectivity index (χ0) is 13.2. The van der Waals surface area contributed by atoms with Crippen molar-refractivity contribution in [2.24, 2.45) is 11.7 Å². The summed E-state index contributed by atoms with van der Waals surface area (Å²) >= 11 is 0. The average Bonchev–Trinajstić information content (AvgIpc) is 2.47. The molecule has 2 atom stereocenters. The van der Waals surface area contributed by atoms with Crippen molar-refractivity contribution in [3.8, 4) is 0 Å². The zero-order valence-corrected chi connectivity index (χ0v) is 10.9. The second-order valence-corrected chi connectivity index (χ2v) is 5.23. The minimum absolute atomic E-state index is 0.0751. The van der Waals surface area contributed by atoms with Gasteiger partial charge < -0.3 is 5.73 Å². The van der Waals surface area contributed by atoms with Crippen molar-refractivity contribution in [1.82, 2.24) is 0 Å². The molecule has 1 aliphatic carbocycles. The highest BCUT2D eigenvalue weighted by molar-refractivity contribution is 5.41. The van der Waals surface area contributed by atoms with Crippen molar-refractivity contribution in [3.63, 3.8) is 0 Å². The molecule has 2 aromatic rings. The minimum atomic E-state index is -0.0751. The Bertz CT molecular complexity index is 565. The van der Waals surface area contributed by atoms with Crippen LogP contribution in [0.2, 0.25) is 0 Å². The predicted molar refractivity (Wildman–Crippen MR) is 75.6 cm³/mol. The van der Waals surface area contributed by atoms with Crippen LogP contribution in [0.1, 0.15) is 29.0 Å². The molecule has 1 nitrogen and oxygen atoms in total. The Balaban J connectivity index is 2.13. The van der Waals surface area contributed by atoms with Crippen LogP contribution in [0.4, 0.5) is 4.39 Å². The molecule has 0 heterocycles. The summed E-state index contributed by atoms with van der Waals surface area (Å²) in [5.74, 6) is 0.552. The summed E-state index contributed by atoms with van der Waals surface area (Å²) in [5.41, 5.74) is 9.17. The number of benzene rings is 2. The number of rotatable bonds is 2. The Morgan fingerprint density at radius 1 is 1.05 bits per heavy atom. The topological polar surface area (TPSA) is 26.0 Å². The fraction of sp³-hybridized carbons (Fsp3) is 0.294. The van der Waals surface area contributed by atoms with Crippen LogP contribution in [0.5, 0.6) is 0 Å². The average molecular weight is 255 g/mol. The standard InChI is InChI=1S/C17H18FN/c18-16-8-4-7-15-14(16)10-9-13(11-19)17(15)12-5-2-1-3-6-12/h1-8,13,17H,9-11,19H2. The van der Waals surface area contributed by atoms with E-state index in [1.54, 1.807) is 6.07 Å². The summed E-state index contributed by atoms with van der Waals surface area (Å²) in [6.07, 6.45) is 1.76. The van der Waals surface area contributed by atoms with Gasteiger partial charge in [0.2, 0.25) is 0 Å². The third kappa shape index (κ3) is 2.17. The van der Waals surface area contributed by atoms with Crippen molar-refractivity contribution in [1.29, 1.82) is 0 Å². The predicted octanol–water partition coefficient (Wildman–Crippen LogP) is 3.48. The minimum Gasteiger partial charge on any atom is -0.330 e. The zero-order valence-electron chi connectivity index (χ0n) is 10.9. The fourth-order valence-corrected chi connectivity index (χ4v) is 3.25. The van der Waals surface area contributed by atoms with Gasteiger partial charge in [-0.2, -0.15) is 0 Å². The Labute approximate surface area is 113 Å². The maximum Gasteiger partial charge on any atom is 0.126 e. The first-order valence-electron chi connectivity index (χ1n) is 6.83. The first kappa shape index (κ1) is 12.4. The van der Waals surface area contributed by atoms with E-state index in [0.717, 1.165) is 24.0 Å². The lowest BCUT2D eigenvalue weighted by Crippen LogP contribution is -2.28. The van der Waals surface area contributed by atoms with E-state index in [4.69, 9.17) is 5.73 Å². The van der Waals surface area contributed by atoms with E-state index in [1.165, 1.54) is 5.56 Å². The molecule has 0 amide bonds. The van der Waals surface area contributed by atoms with E-state index >= 15 is 0 Å². The third-order valence-electron chi connectivity index (χ3n) is 4.19. The number of halogens is 1. The smallest absolute Gasteiger partial charge is 0.126 e. The SMILES string of the molecule is NCC1CCc2c(F)cccc2C1c1ccccc1. The molecule has 19 heavy (non-hydrogen) atoms. The van der Waals surface area contributed by atoms with Gasteiger partial charge in [-0.15, -0.1) is 0 Å². The molecule has 0 saturated heterocycles. The quantitative estimate of drug-likeness (QED) is 0.873. The largest absolute Gasteiger partial charge is 0.330 e. The molecule has 0 bridgehead atoms. The second-order valence-electron chi connectivity index (χ2n) is 5.23. The Morgan fingerprint density at radius 3 is 2.58 bits per heavy atom. The van der Waals surface area contributed by atoms with Gasteiger partial charge in [0.1, 0.15) is 5.82 Å². The number of nitrogens with two attached hydrogens (primary N) is 1.